The molecule has 2 heterocycles. The molecule has 2 amide bonds. The second kappa shape index (κ2) is 5.24. The molecular weight excluding hydrogens is 272 g/mol. The maximum absolute atomic E-state index is 12.9. The van der Waals surface area contributed by atoms with Crippen molar-refractivity contribution in [2.75, 3.05) is 12.3 Å². The van der Waals surface area contributed by atoms with Crippen LogP contribution in [0.4, 0.5) is 0 Å². The first-order valence-corrected chi connectivity index (χ1v) is 8.82. The summed E-state index contributed by atoms with van der Waals surface area (Å²) in [5.41, 5.74) is 0. The molecule has 5 heteroatoms. The maximum Gasteiger partial charge on any atom is 0.246 e. The molecule has 1 saturated carbocycles. The van der Waals surface area contributed by atoms with Crippen molar-refractivity contribution in [1.82, 2.24) is 9.80 Å². The Labute approximate surface area is 125 Å². The van der Waals surface area contributed by atoms with Gasteiger partial charge in [0.25, 0.3) is 0 Å². The third-order valence-corrected chi connectivity index (χ3v) is 6.62. The Balaban J connectivity index is 1.78. The van der Waals surface area contributed by atoms with E-state index < -0.39 is 0 Å². The summed E-state index contributed by atoms with van der Waals surface area (Å²) < 4.78 is 0. The first kappa shape index (κ1) is 14.2. The number of hydrogen-bond donors (Lipinski definition) is 0. The zero-order chi connectivity index (χ0) is 14.3. The van der Waals surface area contributed by atoms with Crippen LogP contribution in [0.3, 0.4) is 0 Å². The zero-order valence-corrected chi connectivity index (χ0v) is 13.2. The van der Waals surface area contributed by atoms with Crippen molar-refractivity contribution < 1.29 is 9.59 Å². The lowest BCUT2D eigenvalue weighted by Gasteiger charge is -2.35. The zero-order valence-electron chi connectivity index (χ0n) is 12.4. The fourth-order valence-electron chi connectivity index (χ4n) is 4.00. The summed E-state index contributed by atoms with van der Waals surface area (Å²) >= 11 is 1.78. The van der Waals surface area contributed by atoms with Crippen molar-refractivity contribution in [2.45, 2.75) is 69.3 Å². The summed E-state index contributed by atoms with van der Waals surface area (Å²) in [4.78, 5) is 28.9. The van der Waals surface area contributed by atoms with Crippen molar-refractivity contribution >= 4 is 23.6 Å². The van der Waals surface area contributed by atoms with Crippen LogP contribution in [-0.4, -0.2) is 50.9 Å². The third kappa shape index (κ3) is 2.14. The highest BCUT2D eigenvalue weighted by atomic mass is 32.2. The van der Waals surface area contributed by atoms with E-state index in [-0.39, 0.29) is 22.7 Å². The quantitative estimate of drug-likeness (QED) is 0.802. The molecule has 0 N–H and O–H groups in total. The van der Waals surface area contributed by atoms with E-state index in [0.717, 1.165) is 31.6 Å². The van der Waals surface area contributed by atoms with Gasteiger partial charge in [-0.2, -0.15) is 0 Å². The van der Waals surface area contributed by atoms with E-state index in [2.05, 4.69) is 13.8 Å². The molecule has 0 radical (unpaired) electrons. The molecule has 3 rings (SSSR count). The van der Waals surface area contributed by atoms with Gasteiger partial charge >= 0.3 is 0 Å². The fourth-order valence-corrected chi connectivity index (χ4v) is 5.43. The van der Waals surface area contributed by atoms with E-state index >= 15 is 0 Å². The Morgan fingerprint density at radius 2 is 2.15 bits per heavy atom. The molecule has 0 spiro atoms. The Kier molecular flexibility index (Phi) is 3.73. The minimum atomic E-state index is -0.222. The second-order valence-corrected chi connectivity index (χ2v) is 7.83. The fraction of sp³-hybridized carbons (Fsp3) is 0.867. The Morgan fingerprint density at radius 1 is 1.45 bits per heavy atom. The monoisotopic (exact) mass is 296 g/mol. The molecule has 2 atom stereocenters. The van der Waals surface area contributed by atoms with Gasteiger partial charge in [-0.25, -0.2) is 0 Å². The van der Waals surface area contributed by atoms with Crippen molar-refractivity contribution in [3.8, 4) is 0 Å². The molecule has 0 aromatic heterocycles. The van der Waals surface area contributed by atoms with E-state index in [9.17, 15) is 9.59 Å². The summed E-state index contributed by atoms with van der Waals surface area (Å²) in [6.45, 7) is 4.94. The largest absolute Gasteiger partial charge is 0.338 e. The van der Waals surface area contributed by atoms with Crippen LogP contribution in [0, 0.1) is 0 Å². The molecule has 3 aliphatic rings. The van der Waals surface area contributed by atoms with Crippen LogP contribution < -0.4 is 0 Å². The lowest BCUT2D eigenvalue weighted by Crippen LogP contribution is -2.53. The van der Waals surface area contributed by atoms with Gasteiger partial charge in [-0.15, -0.1) is 11.8 Å². The number of carbonyl (C=O) groups excluding carboxylic acids is 2. The third-order valence-electron chi connectivity index (χ3n) is 5.12. The number of carbonyl (C=O) groups is 2. The average molecular weight is 296 g/mol. The highest BCUT2D eigenvalue weighted by Crippen LogP contribution is 2.47. The first-order valence-electron chi connectivity index (χ1n) is 7.83. The molecule has 2 aliphatic heterocycles. The summed E-state index contributed by atoms with van der Waals surface area (Å²) in [5.74, 6) is 1.12. The van der Waals surface area contributed by atoms with Crippen molar-refractivity contribution in [3.05, 3.63) is 0 Å². The van der Waals surface area contributed by atoms with Crippen LogP contribution in [0.15, 0.2) is 0 Å². The van der Waals surface area contributed by atoms with Gasteiger partial charge in [0.2, 0.25) is 11.8 Å². The molecule has 0 aromatic rings. The SMILES string of the molecule is CCN(C(=O)[C@@H]1CS[C@]2(C)CCC(=O)N12)C1CCCC1. The normalized spacial score (nSPS) is 33.8. The predicted molar refractivity (Wildman–Crippen MR) is 80.4 cm³/mol. The number of nitrogens with zero attached hydrogens (tertiary/aromatic N) is 2. The predicted octanol–water partition coefficient (Wildman–Crippen LogP) is 2.23. The van der Waals surface area contributed by atoms with Gasteiger partial charge in [0, 0.05) is 24.8 Å². The number of hydrogen-bond acceptors (Lipinski definition) is 3. The Hall–Kier alpha value is -0.710. The molecular formula is C15H24N2O2S. The van der Waals surface area contributed by atoms with Gasteiger partial charge in [0.15, 0.2) is 0 Å². The molecule has 0 bridgehead atoms. The van der Waals surface area contributed by atoms with Gasteiger partial charge in [0.05, 0.1) is 4.87 Å². The minimum Gasteiger partial charge on any atom is -0.338 e. The standard InChI is InChI=1S/C15H24N2O2S/c1-3-16(11-6-4-5-7-11)14(19)12-10-20-15(2)9-8-13(18)17(12)15/h11-12H,3-10H2,1-2H3/t12-,15+/m0/s1. The summed E-state index contributed by atoms with van der Waals surface area (Å²) in [6.07, 6.45) is 6.20. The molecule has 0 aromatic carbocycles. The van der Waals surface area contributed by atoms with E-state index in [0.29, 0.717) is 12.5 Å². The highest BCUT2D eigenvalue weighted by molar-refractivity contribution is 8.01. The van der Waals surface area contributed by atoms with Gasteiger partial charge in [-0.1, -0.05) is 12.8 Å². The van der Waals surface area contributed by atoms with Crippen LogP contribution in [0.2, 0.25) is 0 Å². The highest BCUT2D eigenvalue weighted by Gasteiger charge is 2.53. The van der Waals surface area contributed by atoms with Gasteiger partial charge in [0.1, 0.15) is 6.04 Å². The van der Waals surface area contributed by atoms with Crippen molar-refractivity contribution in [3.63, 3.8) is 0 Å². The van der Waals surface area contributed by atoms with Crippen LogP contribution in [0.5, 0.6) is 0 Å². The Morgan fingerprint density at radius 3 is 2.80 bits per heavy atom. The van der Waals surface area contributed by atoms with Crippen LogP contribution in [0.25, 0.3) is 0 Å². The van der Waals surface area contributed by atoms with Gasteiger partial charge in [-0.05, 0) is 33.1 Å². The molecule has 1 aliphatic carbocycles. The second-order valence-electron chi connectivity index (χ2n) is 6.33. The summed E-state index contributed by atoms with van der Waals surface area (Å²) in [7, 11) is 0. The first-order chi connectivity index (χ1) is 9.57. The van der Waals surface area contributed by atoms with Crippen LogP contribution in [-0.2, 0) is 9.59 Å². The molecule has 20 heavy (non-hydrogen) atoms. The molecule has 2 saturated heterocycles. The summed E-state index contributed by atoms with van der Waals surface area (Å²) in [5, 5.41) is 0. The van der Waals surface area contributed by atoms with Crippen LogP contribution >= 0.6 is 11.8 Å². The number of rotatable bonds is 3. The smallest absolute Gasteiger partial charge is 0.246 e. The molecule has 4 nitrogen and oxygen atoms in total. The maximum atomic E-state index is 12.9. The van der Waals surface area contributed by atoms with Gasteiger partial charge < -0.3 is 9.80 Å². The van der Waals surface area contributed by atoms with E-state index in [1.807, 2.05) is 9.80 Å². The van der Waals surface area contributed by atoms with Crippen molar-refractivity contribution in [1.29, 1.82) is 0 Å². The minimum absolute atomic E-state index is 0.132. The average Bonchev–Trinajstić information content (AvgIpc) is 3.10. The number of fused-ring (bicyclic) bond motifs is 1. The topological polar surface area (TPSA) is 40.6 Å². The number of thioether (sulfide) groups is 1. The van der Waals surface area contributed by atoms with Crippen molar-refractivity contribution in [2.24, 2.45) is 0 Å². The molecule has 0 unspecified atom stereocenters. The van der Waals surface area contributed by atoms with E-state index in [1.165, 1.54) is 12.8 Å². The lowest BCUT2D eigenvalue weighted by atomic mass is 10.1. The van der Waals surface area contributed by atoms with Crippen LogP contribution in [0.1, 0.15) is 52.4 Å². The summed E-state index contributed by atoms with van der Waals surface area (Å²) in [6, 6.07) is 0.183. The number of amides is 2. The van der Waals surface area contributed by atoms with E-state index in [4.69, 9.17) is 0 Å². The molecule has 3 fully saturated rings. The van der Waals surface area contributed by atoms with Gasteiger partial charge in [-0.3, -0.25) is 9.59 Å². The van der Waals surface area contributed by atoms with E-state index in [1.54, 1.807) is 11.8 Å². The Bertz CT molecular complexity index is 422. The lowest BCUT2D eigenvalue weighted by molar-refractivity contribution is -0.145. The number of likely N-dealkylation sites (N-methyl/N-ethyl adjacent to an activating group) is 1. The molecule has 112 valence electrons.